The summed E-state index contributed by atoms with van der Waals surface area (Å²) in [6.07, 6.45) is 0.455. The molecule has 1 heterocycles. The minimum absolute atomic E-state index is 0.140. The first-order valence-corrected chi connectivity index (χ1v) is 5.48. The van der Waals surface area contributed by atoms with Crippen LogP contribution >= 0.6 is 0 Å². The molecular formula is C13H14O4. The minimum Gasteiger partial charge on any atom is -0.496 e. The van der Waals surface area contributed by atoms with Gasteiger partial charge in [0.1, 0.15) is 5.75 Å². The van der Waals surface area contributed by atoms with Gasteiger partial charge in [-0.25, -0.2) is 0 Å². The molecule has 0 N–H and O–H groups in total. The molecule has 2 rings (SSSR count). The lowest BCUT2D eigenvalue weighted by Crippen LogP contribution is -2.24. The van der Waals surface area contributed by atoms with Crippen molar-refractivity contribution in [2.75, 3.05) is 7.11 Å². The van der Waals surface area contributed by atoms with Crippen LogP contribution in [-0.2, 0) is 14.3 Å². The largest absolute Gasteiger partial charge is 0.496 e. The zero-order chi connectivity index (χ0) is 12.4. The van der Waals surface area contributed by atoms with E-state index >= 15 is 0 Å². The van der Waals surface area contributed by atoms with Crippen molar-refractivity contribution in [2.24, 2.45) is 0 Å². The molecular weight excluding hydrogens is 220 g/mol. The molecule has 90 valence electrons. The highest BCUT2D eigenvalue weighted by atomic mass is 16.6. The fourth-order valence-corrected chi connectivity index (χ4v) is 2.06. The maximum atomic E-state index is 11.2. The molecule has 0 unspecified atom stereocenters. The molecule has 0 radical (unpaired) electrons. The van der Waals surface area contributed by atoms with Crippen LogP contribution in [0.3, 0.4) is 0 Å². The number of methoxy groups -OCH3 is 1. The van der Waals surface area contributed by atoms with E-state index in [-0.39, 0.29) is 18.8 Å². The minimum atomic E-state index is -0.464. The van der Waals surface area contributed by atoms with Gasteiger partial charge in [0.05, 0.1) is 20.0 Å². The van der Waals surface area contributed by atoms with Gasteiger partial charge in [-0.05, 0) is 24.1 Å². The van der Waals surface area contributed by atoms with Gasteiger partial charge in [0.25, 0.3) is 0 Å². The second-order valence-electron chi connectivity index (χ2n) is 4.20. The third kappa shape index (κ3) is 2.46. The third-order valence-electron chi connectivity index (χ3n) is 2.88. The lowest BCUT2D eigenvalue weighted by molar-refractivity contribution is -0.163. The Bertz CT molecular complexity index is 448. The maximum Gasteiger partial charge on any atom is 0.314 e. The van der Waals surface area contributed by atoms with Crippen LogP contribution in [-0.4, -0.2) is 19.0 Å². The van der Waals surface area contributed by atoms with E-state index in [1.165, 1.54) is 0 Å². The number of ether oxygens (including phenoxy) is 2. The first kappa shape index (κ1) is 11.6. The van der Waals surface area contributed by atoms with E-state index in [1.807, 2.05) is 25.1 Å². The zero-order valence-electron chi connectivity index (χ0n) is 9.86. The van der Waals surface area contributed by atoms with E-state index in [1.54, 1.807) is 7.11 Å². The van der Waals surface area contributed by atoms with Crippen LogP contribution in [0.15, 0.2) is 18.2 Å². The van der Waals surface area contributed by atoms with Gasteiger partial charge in [0.2, 0.25) is 0 Å². The molecule has 0 aromatic heterocycles. The molecule has 0 bridgehead atoms. The summed E-state index contributed by atoms with van der Waals surface area (Å²) >= 11 is 0. The van der Waals surface area contributed by atoms with E-state index in [9.17, 15) is 9.59 Å². The Morgan fingerprint density at radius 3 is 2.47 bits per heavy atom. The number of rotatable bonds is 2. The van der Waals surface area contributed by atoms with Gasteiger partial charge in [-0.1, -0.05) is 12.1 Å². The molecule has 0 amide bonds. The Kier molecular flexibility index (Phi) is 3.13. The fraction of sp³-hybridized carbons (Fsp3) is 0.385. The van der Waals surface area contributed by atoms with Gasteiger partial charge >= 0.3 is 11.9 Å². The van der Waals surface area contributed by atoms with Crippen LogP contribution in [0, 0.1) is 6.92 Å². The molecule has 0 atom stereocenters. The Balaban J connectivity index is 2.32. The molecule has 1 aromatic rings. The molecule has 4 heteroatoms. The number of hydrogen-bond donors (Lipinski definition) is 0. The fourth-order valence-electron chi connectivity index (χ4n) is 2.06. The summed E-state index contributed by atoms with van der Waals surface area (Å²) in [5, 5.41) is 0. The predicted molar refractivity (Wildman–Crippen MR) is 60.8 cm³/mol. The molecule has 0 saturated carbocycles. The molecule has 4 nitrogen and oxygen atoms in total. The molecule has 1 saturated heterocycles. The smallest absolute Gasteiger partial charge is 0.314 e. The van der Waals surface area contributed by atoms with Crippen molar-refractivity contribution in [1.29, 1.82) is 0 Å². The van der Waals surface area contributed by atoms with Crippen molar-refractivity contribution in [3.05, 3.63) is 29.3 Å². The van der Waals surface area contributed by atoms with E-state index < -0.39 is 11.9 Å². The van der Waals surface area contributed by atoms with Gasteiger partial charge < -0.3 is 9.47 Å². The number of cyclic esters (lactones) is 2. The van der Waals surface area contributed by atoms with Crippen LogP contribution < -0.4 is 4.74 Å². The second kappa shape index (κ2) is 4.57. The lowest BCUT2D eigenvalue weighted by Gasteiger charge is -2.22. The summed E-state index contributed by atoms with van der Waals surface area (Å²) < 4.78 is 9.80. The molecule has 1 aliphatic heterocycles. The molecule has 17 heavy (non-hydrogen) atoms. The monoisotopic (exact) mass is 234 g/mol. The molecule has 0 spiro atoms. The lowest BCUT2D eigenvalue weighted by atomic mass is 9.90. The highest BCUT2D eigenvalue weighted by Crippen LogP contribution is 2.34. The van der Waals surface area contributed by atoms with Crippen molar-refractivity contribution in [3.8, 4) is 5.75 Å². The number of carbonyl (C=O) groups excluding carboxylic acids is 2. The Hall–Kier alpha value is -1.84. The zero-order valence-corrected chi connectivity index (χ0v) is 9.86. The number of carbonyl (C=O) groups is 2. The van der Waals surface area contributed by atoms with E-state index in [4.69, 9.17) is 4.74 Å². The highest BCUT2D eigenvalue weighted by Gasteiger charge is 2.30. The van der Waals surface area contributed by atoms with Crippen LogP contribution in [0.25, 0.3) is 0 Å². The summed E-state index contributed by atoms with van der Waals surface area (Å²) in [6, 6.07) is 5.76. The van der Waals surface area contributed by atoms with Crippen molar-refractivity contribution in [1.82, 2.24) is 0 Å². The maximum absolute atomic E-state index is 11.2. The van der Waals surface area contributed by atoms with Crippen molar-refractivity contribution >= 4 is 11.9 Å². The summed E-state index contributed by atoms with van der Waals surface area (Å²) in [4.78, 5) is 22.5. The summed E-state index contributed by atoms with van der Waals surface area (Å²) in [7, 11) is 1.58. The topological polar surface area (TPSA) is 52.6 Å². The Morgan fingerprint density at radius 1 is 1.24 bits per heavy atom. The number of esters is 2. The Morgan fingerprint density at radius 2 is 1.88 bits per heavy atom. The Labute approximate surface area is 99.5 Å². The van der Waals surface area contributed by atoms with Crippen LogP contribution in [0.4, 0.5) is 0 Å². The summed E-state index contributed by atoms with van der Waals surface area (Å²) in [5.74, 6) is -0.348. The number of aryl methyl sites for hydroxylation is 1. The molecule has 1 aliphatic rings. The van der Waals surface area contributed by atoms with Gasteiger partial charge in [-0.15, -0.1) is 0 Å². The first-order valence-electron chi connectivity index (χ1n) is 5.48. The van der Waals surface area contributed by atoms with Crippen molar-refractivity contribution < 1.29 is 19.1 Å². The van der Waals surface area contributed by atoms with E-state index in [2.05, 4.69) is 4.74 Å². The predicted octanol–water partition coefficient (Wildman–Crippen LogP) is 1.95. The quantitative estimate of drug-likeness (QED) is 0.579. The van der Waals surface area contributed by atoms with Gasteiger partial charge in [-0.3, -0.25) is 9.59 Å². The third-order valence-corrected chi connectivity index (χ3v) is 2.88. The molecule has 0 aliphatic carbocycles. The standard InChI is InChI=1S/C13H14O4/c1-8-3-4-10(11(5-8)16-2)9-6-12(14)17-13(15)7-9/h3-5,9H,6-7H2,1-2H3. The van der Waals surface area contributed by atoms with E-state index in [0.717, 1.165) is 16.9 Å². The SMILES string of the molecule is COc1cc(C)ccc1C1CC(=O)OC(=O)C1. The summed E-state index contributed by atoms with van der Waals surface area (Å²) in [6.45, 7) is 1.96. The highest BCUT2D eigenvalue weighted by molar-refractivity contribution is 5.89. The average molecular weight is 234 g/mol. The van der Waals surface area contributed by atoms with Gasteiger partial charge in [0, 0.05) is 5.92 Å². The average Bonchev–Trinajstić information content (AvgIpc) is 2.27. The van der Waals surface area contributed by atoms with Crippen molar-refractivity contribution in [2.45, 2.75) is 25.7 Å². The van der Waals surface area contributed by atoms with Crippen molar-refractivity contribution in [3.63, 3.8) is 0 Å². The number of hydrogen-bond acceptors (Lipinski definition) is 4. The van der Waals surface area contributed by atoms with Gasteiger partial charge in [-0.2, -0.15) is 0 Å². The van der Waals surface area contributed by atoms with Crippen LogP contribution in [0.2, 0.25) is 0 Å². The van der Waals surface area contributed by atoms with Crippen LogP contribution in [0.5, 0.6) is 5.75 Å². The normalized spacial score (nSPS) is 16.8. The molecule has 1 fully saturated rings. The van der Waals surface area contributed by atoms with E-state index in [0.29, 0.717) is 0 Å². The van der Waals surface area contributed by atoms with Gasteiger partial charge in [0.15, 0.2) is 0 Å². The van der Waals surface area contributed by atoms with Crippen LogP contribution in [0.1, 0.15) is 29.9 Å². The first-order chi connectivity index (χ1) is 8.10. The summed E-state index contributed by atoms with van der Waals surface area (Å²) in [5.41, 5.74) is 1.97. The number of benzene rings is 1. The second-order valence-corrected chi connectivity index (χ2v) is 4.20. The molecule has 1 aromatic carbocycles.